The fraction of sp³-hybridized carbons (Fsp3) is 0.167. The van der Waals surface area contributed by atoms with Crippen LogP contribution in [0.15, 0.2) is 29.3 Å². The van der Waals surface area contributed by atoms with Crippen molar-refractivity contribution in [3.63, 3.8) is 0 Å². The maximum absolute atomic E-state index is 12.2. The van der Waals surface area contributed by atoms with E-state index in [0.717, 1.165) is 5.56 Å². The van der Waals surface area contributed by atoms with Gasteiger partial charge in [-0.3, -0.25) is 4.72 Å². The summed E-state index contributed by atoms with van der Waals surface area (Å²) in [5.74, 6) is 0. The predicted molar refractivity (Wildman–Crippen MR) is 78.7 cm³/mol. The number of aryl methyl sites for hydroxylation is 1. The molecule has 108 valence electrons. The van der Waals surface area contributed by atoms with Crippen LogP contribution in [0.5, 0.6) is 0 Å². The van der Waals surface area contributed by atoms with Crippen LogP contribution in [-0.4, -0.2) is 18.5 Å². The zero-order valence-corrected chi connectivity index (χ0v) is 12.8. The highest BCUT2D eigenvalue weighted by molar-refractivity contribution is 7.92. The van der Waals surface area contributed by atoms with Gasteiger partial charge in [0.15, 0.2) is 0 Å². The quantitative estimate of drug-likeness (QED) is 0.803. The highest BCUT2D eigenvalue weighted by Gasteiger charge is 2.18. The van der Waals surface area contributed by atoms with E-state index in [9.17, 15) is 8.42 Å². The Morgan fingerprint density at radius 3 is 2.55 bits per heavy atom. The number of aliphatic hydroxyl groups excluding tert-OH is 1. The molecule has 2 aromatic rings. The summed E-state index contributed by atoms with van der Waals surface area (Å²) in [4.78, 5) is 2.66. The summed E-state index contributed by atoms with van der Waals surface area (Å²) in [6.45, 7) is 1.50. The molecule has 0 radical (unpaired) electrons. The van der Waals surface area contributed by atoms with E-state index in [-0.39, 0.29) is 22.2 Å². The van der Waals surface area contributed by atoms with Gasteiger partial charge in [-0.25, -0.2) is 8.42 Å². The molecule has 0 atom stereocenters. The first kappa shape index (κ1) is 15.2. The van der Waals surface area contributed by atoms with Crippen LogP contribution < -0.4 is 4.72 Å². The third kappa shape index (κ3) is 3.09. The van der Waals surface area contributed by atoms with Gasteiger partial charge in [0.2, 0.25) is 0 Å². The second-order valence-corrected chi connectivity index (χ2v) is 6.70. The van der Waals surface area contributed by atoms with Crippen molar-refractivity contribution >= 4 is 38.9 Å². The third-order valence-electron chi connectivity index (χ3n) is 2.69. The maximum atomic E-state index is 12.2. The fourth-order valence-electron chi connectivity index (χ4n) is 1.59. The first-order valence-corrected chi connectivity index (χ1v) is 7.84. The molecule has 1 aromatic carbocycles. The topological polar surface area (TPSA) is 82.2 Å². The van der Waals surface area contributed by atoms with Crippen LogP contribution in [0.25, 0.3) is 0 Å². The molecule has 3 N–H and O–H groups in total. The minimum absolute atomic E-state index is 0.00862. The number of hydrogen-bond acceptors (Lipinski definition) is 3. The molecule has 0 amide bonds. The van der Waals surface area contributed by atoms with E-state index >= 15 is 0 Å². The minimum atomic E-state index is -3.79. The Bertz CT molecular complexity index is 741. The summed E-state index contributed by atoms with van der Waals surface area (Å²) in [7, 11) is -3.79. The number of benzene rings is 1. The highest BCUT2D eigenvalue weighted by atomic mass is 35.5. The van der Waals surface area contributed by atoms with Crippen molar-refractivity contribution < 1.29 is 13.5 Å². The van der Waals surface area contributed by atoms with Crippen molar-refractivity contribution in [3.05, 3.63) is 45.7 Å². The van der Waals surface area contributed by atoms with Crippen molar-refractivity contribution in [2.75, 3.05) is 4.72 Å². The third-order valence-corrected chi connectivity index (χ3v) is 4.75. The van der Waals surface area contributed by atoms with E-state index in [0.29, 0.717) is 10.7 Å². The molecule has 8 heteroatoms. The lowest BCUT2D eigenvalue weighted by Crippen LogP contribution is -2.12. The van der Waals surface area contributed by atoms with Crippen LogP contribution in [-0.2, 0) is 16.6 Å². The molecule has 2 rings (SSSR count). The molecule has 0 saturated carbocycles. The lowest BCUT2D eigenvalue weighted by Gasteiger charge is -2.10. The summed E-state index contributed by atoms with van der Waals surface area (Å²) >= 11 is 11.9. The molecule has 0 unspecified atom stereocenters. The van der Waals surface area contributed by atoms with E-state index in [2.05, 4.69) is 9.71 Å². The van der Waals surface area contributed by atoms with Gasteiger partial charge < -0.3 is 10.1 Å². The summed E-state index contributed by atoms with van der Waals surface area (Å²) in [6, 6.07) is 4.38. The maximum Gasteiger partial charge on any atom is 0.263 e. The molecule has 0 aliphatic heterocycles. The van der Waals surface area contributed by atoms with E-state index < -0.39 is 10.0 Å². The van der Waals surface area contributed by atoms with Crippen LogP contribution >= 0.6 is 23.2 Å². The number of H-pyrrole nitrogens is 1. The van der Waals surface area contributed by atoms with Gasteiger partial charge in [-0.15, -0.1) is 0 Å². The Hall–Kier alpha value is -1.21. The molecule has 1 heterocycles. The molecule has 20 heavy (non-hydrogen) atoms. The number of sulfonamides is 1. The molecule has 1 aromatic heterocycles. The van der Waals surface area contributed by atoms with Crippen LogP contribution in [0.4, 0.5) is 5.69 Å². The van der Waals surface area contributed by atoms with Gasteiger partial charge in [0, 0.05) is 16.9 Å². The van der Waals surface area contributed by atoms with Crippen LogP contribution in [0.3, 0.4) is 0 Å². The number of anilines is 1. The number of aromatic amines is 1. The Morgan fingerprint density at radius 1 is 1.25 bits per heavy atom. The van der Waals surface area contributed by atoms with Gasteiger partial charge in [-0.1, -0.05) is 23.2 Å². The summed E-state index contributed by atoms with van der Waals surface area (Å²) in [5.41, 5.74) is 1.36. The van der Waals surface area contributed by atoms with Gasteiger partial charge in [-0.2, -0.15) is 0 Å². The second kappa shape index (κ2) is 5.65. The van der Waals surface area contributed by atoms with E-state index in [1.54, 1.807) is 13.0 Å². The lowest BCUT2D eigenvalue weighted by atomic mass is 10.2. The molecule has 0 saturated heterocycles. The highest BCUT2D eigenvalue weighted by Crippen LogP contribution is 2.30. The number of nitrogens with one attached hydrogen (secondary N) is 2. The zero-order chi connectivity index (χ0) is 14.9. The molecule has 0 aliphatic rings. The first-order chi connectivity index (χ1) is 9.33. The normalized spacial score (nSPS) is 11.6. The van der Waals surface area contributed by atoms with Gasteiger partial charge in [0.1, 0.15) is 4.90 Å². The standard InChI is InChI=1S/C12H12Cl2N2O3S/c1-7-2-11(14)12(4-10(7)13)16-20(18,19)9-3-8(6-17)15-5-9/h2-5,15-17H,6H2,1H3. The number of hydrogen-bond donors (Lipinski definition) is 3. The SMILES string of the molecule is Cc1cc(Cl)c(NS(=O)(=O)c2c[nH]c(CO)c2)cc1Cl. The Balaban J connectivity index is 2.35. The summed E-state index contributed by atoms with van der Waals surface area (Å²) in [5, 5.41) is 9.60. The van der Waals surface area contributed by atoms with Crippen molar-refractivity contribution in [1.29, 1.82) is 0 Å². The van der Waals surface area contributed by atoms with Gasteiger partial charge in [-0.05, 0) is 30.7 Å². The number of aromatic nitrogens is 1. The average molecular weight is 335 g/mol. The van der Waals surface area contributed by atoms with E-state index in [1.165, 1.54) is 18.3 Å². The monoisotopic (exact) mass is 334 g/mol. The van der Waals surface area contributed by atoms with Crippen molar-refractivity contribution in [2.45, 2.75) is 18.4 Å². The van der Waals surface area contributed by atoms with Crippen LogP contribution in [0, 0.1) is 6.92 Å². The minimum Gasteiger partial charge on any atom is -0.390 e. The Morgan fingerprint density at radius 2 is 1.95 bits per heavy atom. The smallest absolute Gasteiger partial charge is 0.263 e. The van der Waals surface area contributed by atoms with Crippen molar-refractivity contribution in [3.8, 4) is 0 Å². The van der Waals surface area contributed by atoms with Crippen molar-refractivity contribution in [2.24, 2.45) is 0 Å². The van der Waals surface area contributed by atoms with Crippen LogP contribution in [0.2, 0.25) is 10.0 Å². The van der Waals surface area contributed by atoms with Crippen molar-refractivity contribution in [1.82, 2.24) is 4.98 Å². The first-order valence-electron chi connectivity index (χ1n) is 5.60. The lowest BCUT2D eigenvalue weighted by molar-refractivity contribution is 0.277. The molecular weight excluding hydrogens is 323 g/mol. The predicted octanol–water partition coefficient (Wildman–Crippen LogP) is 2.92. The largest absolute Gasteiger partial charge is 0.390 e. The van der Waals surface area contributed by atoms with E-state index in [1.807, 2.05) is 0 Å². The Labute approximate surface area is 126 Å². The summed E-state index contributed by atoms with van der Waals surface area (Å²) < 4.78 is 26.7. The molecule has 0 bridgehead atoms. The summed E-state index contributed by atoms with van der Waals surface area (Å²) in [6.07, 6.45) is 1.29. The van der Waals surface area contributed by atoms with Gasteiger partial charge >= 0.3 is 0 Å². The molecule has 0 fully saturated rings. The van der Waals surface area contributed by atoms with Crippen LogP contribution in [0.1, 0.15) is 11.3 Å². The molecule has 0 spiro atoms. The number of aliphatic hydroxyl groups is 1. The van der Waals surface area contributed by atoms with Gasteiger partial charge in [0.25, 0.3) is 10.0 Å². The molecule has 0 aliphatic carbocycles. The number of rotatable bonds is 4. The zero-order valence-electron chi connectivity index (χ0n) is 10.4. The van der Waals surface area contributed by atoms with Gasteiger partial charge in [0.05, 0.1) is 17.3 Å². The number of halogens is 2. The van der Waals surface area contributed by atoms with E-state index in [4.69, 9.17) is 28.3 Å². The Kier molecular flexibility index (Phi) is 4.29. The second-order valence-electron chi connectivity index (χ2n) is 4.21. The fourth-order valence-corrected chi connectivity index (χ4v) is 3.17. The molecular formula is C12H12Cl2N2O3S. The molecule has 5 nitrogen and oxygen atoms in total. The average Bonchev–Trinajstić information content (AvgIpc) is 2.85.